The summed E-state index contributed by atoms with van der Waals surface area (Å²) in [7, 11) is -1.10. The van der Waals surface area contributed by atoms with Crippen molar-refractivity contribution in [1.82, 2.24) is 14.8 Å². The average molecular weight is 299 g/mol. The summed E-state index contributed by atoms with van der Waals surface area (Å²) >= 11 is 0. The molecule has 1 fully saturated rings. The zero-order valence-corrected chi connectivity index (χ0v) is 12.5. The van der Waals surface area contributed by atoms with Crippen molar-refractivity contribution in [2.45, 2.75) is 19.0 Å². The lowest BCUT2D eigenvalue weighted by Crippen LogP contribution is -2.41. The zero-order valence-electron chi connectivity index (χ0n) is 11.7. The highest BCUT2D eigenvalue weighted by Crippen LogP contribution is 2.15. The van der Waals surface area contributed by atoms with Crippen LogP contribution in [-0.2, 0) is 21.2 Å². The topological polar surface area (TPSA) is 71.4 Å². The molecule has 1 N–H and O–H groups in total. The molecule has 0 aliphatic carbocycles. The molecule has 0 bridgehead atoms. The van der Waals surface area contributed by atoms with Crippen LogP contribution < -0.4 is 5.32 Å². The molecule has 1 aliphatic heterocycles. The number of rotatable bonds is 6. The van der Waals surface area contributed by atoms with Gasteiger partial charge in [-0.15, -0.1) is 0 Å². The Hall–Kier alpha value is -1.34. The van der Waals surface area contributed by atoms with Gasteiger partial charge in [0, 0.05) is 31.5 Å². The highest BCUT2D eigenvalue weighted by molar-refractivity contribution is 7.91. The van der Waals surface area contributed by atoms with E-state index in [9.17, 15) is 13.2 Å². The van der Waals surface area contributed by atoms with Crippen molar-refractivity contribution in [3.05, 3.63) is 24.5 Å². The number of hydrogen-bond acceptors (Lipinski definition) is 4. The Balaban J connectivity index is 1.69. The largest absolute Gasteiger partial charge is 0.353 e. The second kappa shape index (κ2) is 6.41. The van der Waals surface area contributed by atoms with E-state index in [0.29, 0.717) is 13.0 Å². The minimum atomic E-state index is -2.90. The van der Waals surface area contributed by atoms with E-state index < -0.39 is 9.84 Å². The van der Waals surface area contributed by atoms with Crippen LogP contribution in [0.15, 0.2) is 24.5 Å². The number of amides is 1. The van der Waals surface area contributed by atoms with Crippen LogP contribution in [-0.4, -0.2) is 61.5 Å². The summed E-state index contributed by atoms with van der Waals surface area (Å²) in [4.78, 5) is 13.6. The van der Waals surface area contributed by atoms with E-state index in [1.165, 1.54) is 0 Å². The Bertz CT molecular complexity index is 539. The molecule has 2 rings (SSSR count). The lowest BCUT2D eigenvalue weighted by molar-refractivity contribution is -0.122. The van der Waals surface area contributed by atoms with Gasteiger partial charge in [-0.2, -0.15) is 0 Å². The predicted octanol–water partition coefficient (Wildman–Crippen LogP) is -0.277. The van der Waals surface area contributed by atoms with E-state index in [1.54, 1.807) is 7.05 Å². The van der Waals surface area contributed by atoms with E-state index in [0.717, 1.165) is 6.54 Å². The van der Waals surface area contributed by atoms with Gasteiger partial charge in [-0.25, -0.2) is 8.42 Å². The number of nitrogens with one attached hydrogen (secondary N) is 1. The van der Waals surface area contributed by atoms with Crippen LogP contribution in [0.25, 0.3) is 0 Å². The van der Waals surface area contributed by atoms with Crippen molar-refractivity contribution in [3.8, 4) is 0 Å². The molecule has 20 heavy (non-hydrogen) atoms. The maximum Gasteiger partial charge on any atom is 0.234 e. The zero-order chi connectivity index (χ0) is 14.6. The third-order valence-corrected chi connectivity index (χ3v) is 5.33. The van der Waals surface area contributed by atoms with Crippen molar-refractivity contribution >= 4 is 15.7 Å². The average Bonchev–Trinajstić information content (AvgIpc) is 2.98. The second-order valence-electron chi connectivity index (χ2n) is 5.24. The summed E-state index contributed by atoms with van der Waals surface area (Å²) in [5.41, 5.74) is 0. The van der Waals surface area contributed by atoms with Gasteiger partial charge in [0.1, 0.15) is 0 Å². The van der Waals surface area contributed by atoms with Crippen LogP contribution >= 0.6 is 0 Å². The van der Waals surface area contributed by atoms with Gasteiger partial charge in [0.15, 0.2) is 9.84 Å². The molecule has 6 nitrogen and oxygen atoms in total. The molecule has 2 heterocycles. The molecule has 1 aromatic rings. The maximum atomic E-state index is 11.8. The first-order valence-corrected chi connectivity index (χ1v) is 8.56. The molecule has 1 atom stereocenters. The summed E-state index contributed by atoms with van der Waals surface area (Å²) in [6.45, 7) is 1.55. The summed E-state index contributed by atoms with van der Waals surface area (Å²) in [5, 5.41) is 2.85. The number of aromatic nitrogens is 1. The molecule has 1 aliphatic rings. The Morgan fingerprint density at radius 2 is 2.10 bits per heavy atom. The highest BCUT2D eigenvalue weighted by Gasteiger charge is 2.31. The van der Waals surface area contributed by atoms with Gasteiger partial charge in [0.25, 0.3) is 0 Å². The smallest absolute Gasteiger partial charge is 0.234 e. The van der Waals surface area contributed by atoms with Gasteiger partial charge in [-0.1, -0.05) is 0 Å². The number of carbonyl (C=O) groups is 1. The molecule has 0 radical (unpaired) electrons. The van der Waals surface area contributed by atoms with E-state index in [4.69, 9.17) is 0 Å². The van der Waals surface area contributed by atoms with Gasteiger partial charge in [0.2, 0.25) is 5.91 Å². The molecule has 1 saturated heterocycles. The maximum absolute atomic E-state index is 11.8. The van der Waals surface area contributed by atoms with Crippen LogP contribution in [0.5, 0.6) is 0 Å². The molecule has 0 unspecified atom stereocenters. The van der Waals surface area contributed by atoms with E-state index in [2.05, 4.69) is 5.32 Å². The van der Waals surface area contributed by atoms with Crippen molar-refractivity contribution in [3.63, 3.8) is 0 Å². The summed E-state index contributed by atoms with van der Waals surface area (Å²) < 4.78 is 24.8. The van der Waals surface area contributed by atoms with E-state index in [1.807, 2.05) is 34.0 Å². The van der Waals surface area contributed by atoms with Crippen molar-refractivity contribution in [2.24, 2.45) is 0 Å². The third kappa shape index (κ3) is 4.35. The molecule has 1 amide bonds. The summed E-state index contributed by atoms with van der Waals surface area (Å²) in [5.74, 6) is 0.334. The second-order valence-corrected chi connectivity index (χ2v) is 7.47. The number of nitrogens with zero attached hydrogens (tertiary/aromatic N) is 2. The predicted molar refractivity (Wildman–Crippen MR) is 77.1 cm³/mol. The van der Waals surface area contributed by atoms with Crippen molar-refractivity contribution in [1.29, 1.82) is 0 Å². The first-order valence-electron chi connectivity index (χ1n) is 6.74. The van der Waals surface area contributed by atoms with Crippen LogP contribution in [0.3, 0.4) is 0 Å². The number of sulfone groups is 1. The SMILES string of the molecule is CN(CC(=O)NCCn1cccc1)[C@H]1CCS(=O)(=O)C1. The van der Waals surface area contributed by atoms with Gasteiger partial charge in [-0.3, -0.25) is 9.69 Å². The molecular weight excluding hydrogens is 278 g/mol. The van der Waals surface area contributed by atoms with Gasteiger partial charge < -0.3 is 9.88 Å². The fraction of sp³-hybridized carbons (Fsp3) is 0.615. The lowest BCUT2D eigenvalue weighted by Gasteiger charge is -2.22. The fourth-order valence-electron chi connectivity index (χ4n) is 2.38. The van der Waals surface area contributed by atoms with Gasteiger partial charge in [0.05, 0.1) is 18.1 Å². The van der Waals surface area contributed by atoms with Crippen LogP contribution in [0.1, 0.15) is 6.42 Å². The first-order chi connectivity index (χ1) is 9.46. The standard InChI is InChI=1S/C13H21N3O3S/c1-15(12-4-9-20(18,19)11-12)10-13(17)14-5-8-16-6-2-3-7-16/h2-3,6-7,12H,4-5,8-11H2,1H3,(H,14,17)/t12-/m0/s1. The highest BCUT2D eigenvalue weighted by atomic mass is 32.2. The molecule has 7 heteroatoms. The fourth-order valence-corrected chi connectivity index (χ4v) is 4.18. The minimum absolute atomic E-state index is 0.0322. The third-order valence-electron chi connectivity index (χ3n) is 3.58. The van der Waals surface area contributed by atoms with Crippen molar-refractivity contribution < 1.29 is 13.2 Å². The van der Waals surface area contributed by atoms with Crippen LogP contribution in [0, 0.1) is 0 Å². The lowest BCUT2D eigenvalue weighted by atomic mass is 10.2. The monoisotopic (exact) mass is 299 g/mol. The normalized spacial score (nSPS) is 21.2. The van der Waals surface area contributed by atoms with E-state index in [-0.39, 0.29) is 30.0 Å². The van der Waals surface area contributed by atoms with Gasteiger partial charge in [-0.05, 0) is 25.6 Å². The van der Waals surface area contributed by atoms with E-state index >= 15 is 0 Å². The Morgan fingerprint density at radius 3 is 2.70 bits per heavy atom. The minimum Gasteiger partial charge on any atom is -0.353 e. The summed E-state index contributed by atoms with van der Waals surface area (Å²) in [6.07, 6.45) is 4.51. The molecule has 1 aromatic heterocycles. The Labute approximate surface area is 119 Å². The van der Waals surface area contributed by atoms with Crippen molar-refractivity contribution in [2.75, 3.05) is 31.6 Å². The van der Waals surface area contributed by atoms with Gasteiger partial charge >= 0.3 is 0 Å². The Morgan fingerprint density at radius 1 is 1.40 bits per heavy atom. The molecule has 0 aromatic carbocycles. The number of likely N-dealkylation sites (N-methyl/N-ethyl adjacent to an activating group) is 1. The molecule has 0 spiro atoms. The molecule has 112 valence electrons. The number of carbonyl (C=O) groups excluding carboxylic acids is 1. The molecule has 0 saturated carbocycles. The Kier molecular flexibility index (Phi) is 4.82. The van der Waals surface area contributed by atoms with Crippen LogP contribution in [0.2, 0.25) is 0 Å². The summed E-state index contributed by atoms with van der Waals surface area (Å²) in [6, 6.07) is 3.85. The number of hydrogen-bond donors (Lipinski definition) is 1. The quantitative estimate of drug-likeness (QED) is 0.784. The molecular formula is C13H21N3O3S. The first kappa shape index (κ1) is 15.1. The van der Waals surface area contributed by atoms with Crippen LogP contribution in [0.4, 0.5) is 0 Å².